The molecule has 1 aliphatic carbocycles. The lowest BCUT2D eigenvalue weighted by Gasteiger charge is -2.37. The van der Waals surface area contributed by atoms with Crippen molar-refractivity contribution in [1.82, 2.24) is 8.61 Å². The monoisotopic (exact) mass is 320 g/mol. The molecule has 7 nitrogen and oxygen atoms in total. The number of carbonyl (C=O) groups is 1. The van der Waals surface area contributed by atoms with Crippen LogP contribution in [0.1, 0.15) is 25.7 Å². The molecule has 0 bridgehead atoms. The number of esters is 1. The lowest BCUT2D eigenvalue weighted by atomic mass is 9.82. The number of methoxy groups -OCH3 is 1. The summed E-state index contributed by atoms with van der Waals surface area (Å²) in [6.45, 7) is 1.13. The number of ether oxygens (including phenoxy) is 1. The molecule has 0 radical (unpaired) electrons. The van der Waals surface area contributed by atoms with Gasteiger partial charge in [0.05, 0.1) is 19.1 Å². The van der Waals surface area contributed by atoms with E-state index in [-0.39, 0.29) is 23.9 Å². The second-order valence-electron chi connectivity index (χ2n) is 5.98. The summed E-state index contributed by atoms with van der Waals surface area (Å²) in [5.74, 6) is -0.218. The van der Waals surface area contributed by atoms with E-state index in [4.69, 9.17) is 4.74 Å². The van der Waals surface area contributed by atoms with E-state index < -0.39 is 10.2 Å². The molecule has 21 heavy (non-hydrogen) atoms. The molecule has 0 amide bonds. The summed E-state index contributed by atoms with van der Waals surface area (Å²) >= 11 is 0. The minimum Gasteiger partial charge on any atom is -0.469 e. The molecule has 2 aliphatic rings. The van der Waals surface area contributed by atoms with E-state index in [9.17, 15) is 18.3 Å². The number of carbonyl (C=O) groups excluding carboxylic acids is 1. The van der Waals surface area contributed by atoms with E-state index in [1.807, 2.05) is 0 Å². The van der Waals surface area contributed by atoms with Gasteiger partial charge in [0.2, 0.25) is 0 Å². The molecule has 0 unspecified atom stereocenters. The molecular weight excluding hydrogens is 296 g/mol. The summed E-state index contributed by atoms with van der Waals surface area (Å²) < 4.78 is 32.4. The van der Waals surface area contributed by atoms with Crippen molar-refractivity contribution in [2.75, 3.05) is 33.8 Å². The van der Waals surface area contributed by atoms with Gasteiger partial charge in [0.15, 0.2) is 0 Å². The Morgan fingerprint density at radius 2 is 1.90 bits per heavy atom. The average Bonchev–Trinajstić information content (AvgIpc) is 2.44. The van der Waals surface area contributed by atoms with Crippen LogP contribution in [0.4, 0.5) is 0 Å². The van der Waals surface area contributed by atoms with Gasteiger partial charge in [-0.15, -0.1) is 0 Å². The van der Waals surface area contributed by atoms with Crippen molar-refractivity contribution in [3.05, 3.63) is 0 Å². The molecule has 0 spiro atoms. The third-order valence-electron chi connectivity index (χ3n) is 4.43. The van der Waals surface area contributed by atoms with E-state index in [1.54, 1.807) is 7.05 Å². The van der Waals surface area contributed by atoms with Crippen LogP contribution in [-0.2, 0) is 19.7 Å². The first-order valence-corrected chi connectivity index (χ1v) is 8.71. The van der Waals surface area contributed by atoms with E-state index in [2.05, 4.69) is 0 Å². The van der Waals surface area contributed by atoms with Crippen LogP contribution in [-0.4, -0.2) is 68.0 Å². The highest BCUT2D eigenvalue weighted by Crippen LogP contribution is 2.29. The SMILES string of the molecule is COC(=O)C1CCN(S(=O)(=O)N(C)CC2CC(O)C2)CC1. The lowest BCUT2D eigenvalue weighted by Crippen LogP contribution is -2.49. The summed E-state index contributed by atoms with van der Waals surface area (Å²) in [6, 6.07) is 0. The number of rotatable bonds is 5. The van der Waals surface area contributed by atoms with E-state index in [0.717, 1.165) is 0 Å². The third-order valence-corrected chi connectivity index (χ3v) is 6.39. The summed E-state index contributed by atoms with van der Waals surface area (Å²) in [5.41, 5.74) is 0. The lowest BCUT2D eigenvalue weighted by molar-refractivity contribution is -0.146. The zero-order valence-electron chi connectivity index (χ0n) is 12.6. The van der Waals surface area contributed by atoms with Gasteiger partial charge in [-0.1, -0.05) is 0 Å². The number of hydrogen-bond acceptors (Lipinski definition) is 5. The van der Waals surface area contributed by atoms with Crippen molar-refractivity contribution in [3.63, 3.8) is 0 Å². The van der Waals surface area contributed by atoms with Gasteiger partial charge >= 0.3 is 5.97 Å². The molecule has 0 atom stereocenters. The molecular formula is C13H24N2O5S. The first kappa shape index (κ1) is 16.7. The predicted octanol–water partition coefficient (Wildman–Crippen LogP) is -0.181. The smallest absolute Gasteiger partial charge is 0.308 e. The maximum absolute atomic E-state index is 12.5. The Morgan fingerprint density at radius 3 is 2.38 bits per heavy atom. The number of piperidine rings is 1. The van der Waals surface area contributed by atoms with Gasteiger partial charge in [0.1, 0.15) is 0 Å². The molecule has 122 valence electrons. The Labute approximate surface area is 126 Å². The number of nitrogens with zero attached hydrogens (tertiary/aromatic N) is 2. The topological polar surface area (TPSA) is 87.2 Å². The Balaban J connectivity index is 1.87. The highest BCUT2D eigenvalue weighted by molar-refractivity contribution is 7.86. The van der Waals surface area contributed by atoms with Gasteiger partial charge in [0, 0.05) is 26.7 Å². The maximum Gasteiger partial charge on any atom is 0.308 e. The number of hydrogen-bond donors (Lipinski definition) is 1. The van der Waals surface area contributed by atoms with Gasteiger partial charge in [-0.05, 0) is 31.6 Å². The van der Waals surface area contributed by atoms with Crippen LogP contribution in [0.3, 0.4) is 0 Å². The fourth-order valence-corrected chi connectivity index (χ4v) is 4.46. The number of aliphatic hydroxyl groups is 1. The first-order valence-electron chi connectivity index (χ1n) is 7.32. The van der Waals surface area contributed by atoms with Crippen molar-refractivity contribution < 1.29 is 23.1 Å². The van der Waals surface area contributed by atoms with E-state index in [0.29, 0.717) is 45.3 Å². The van der Waals surface area contributed by atoms with Crippen LogP contribution in [0.15, 0.2) is 0 Å². The average molecular weight is 320 g/mol. The molecule has 0 aromatic carbocycles. The van der Waals surface area contributed by atoms with Crippen molar-refractivity contribution in [1.29, 1.82) is 0 Å². The minimum absolute atomic E-state index is 0.200. The van der Waals surface area contributed by atoms with Crippen LogP contribution >= 0.6 is 0 Å². The molecule has 1 saturated carbocycles. The second kappa shape index (κ2) is 6.60. The predicted molar refractivity (Wildman–Crippen MR) is 76.6 cm³/mol. The first-order chi connectivity index (χ1) is 9.84. The van der Waals surface area contributed by atoms with Crippen LogP contribution in [0.25, 0.3) is 0 Å². The summed E-state index contributed by atoms with van der Waals surface area (Å²) in [5, 5.41) is 9.27. The van der Waals surface area contributed by atoms with Crippen LogP contribution in [0, 0.1) is 11.8 Å². The fraction of sp³-hybridized carbons (Fsp3) is 0.923. The molecule has 8 heteroatoms. The zero-order valence-corrected chi connectivity index (χ0v) is 13.4. The van der Waals surface area contributed by atoms with Crippen molar-refractivity contribution >= 4 is 16.2 Å². The van der Waals surface area contributed by atoms with Crippen LogP contribution in [0.2, 0.25) is 0 Å². The molecule has 1 N–H and O–H groups in total. The molecule has 0 aromatic rings. The summed E-state index contributed by atoms with van der Waals surface area (Å²) in [7, 11) is -0.544. The van der Waals surface area contributed by atoms with Crippen molar-refractivity contribution in [2.45, 2.75) is 31.8 Å². The van der Waals surface area contributed by atoms with Crippen molar-refractivity contribution in [3.8, 4) is 0 Å². The van der Waals surface area contributed by atoms with Gasteiger partial charge < -0.3 is 9.84 Å². The number of aliphatic hydroxyl groups excluding tert-OH is 1. The van der Waals surface area contributed by atoms with E-state index in [1.165, 1.54) is 15.7 Å². The zero-order chi connectivity index (χ0) is 15.6. The highest BCUT2D eigenvalue weighted by Gasteiger charge is 2.36. The molecule has 0 aromatic heterocycles. The Bertz CT molecular complexity index is 467. The standard InChI is InChI=1S/C13H24N2O5S/c1-14(9-10-7-12(16)8-10)21(18,19)15-5-3-11(4-6-15)13(17)20-2/h10-12,16H,3-9H2,1-2H3. The van der Waals surface area contributed by atoms with Gasteiger partial charge in [0.25, 0.3) is 10.2 Å². The Hall–Kier alpha value is -0.700. The van der Waals surface area contributed by atoms with Crippen LogP contribution < -0.4 is 0 Å². The summed E-state index contributed by atoms with van der Waals surface area (Å²) in [4.78, 5) is 11.5. The molecule has 1 saturated heterocycles. The Kier molecular flexibility index (Phi) is 5.24. The maximum atomic E-state index is 12.5. The van der Waals surface area contributed by atoms with Gasteiger partial charge in [-0.3, -0.25) is 4.79 Å². The fourth-order valence-electron chi connectivity index (χ4n) is 2.99. The Morgan fingerprint density at radius 1 is 1.33 bits per heavy atom. The van der Waals surface area contributed by atoms with Crippen LogP contribution in [0.5, 0.6) is 0 Å². The molecule has 2 fully saturated rings. The normalized spacial score (nSPS) is 28.4. The quantitative estimate of drug-likeness (QED) is 0.710. The summed E-state index contributed by atoms with van der Waals surface area (Å²) in [6.07, 6.45) is 2.07. The molecule has 1 heterocycles. The van der Waals surface area contributed by atoms with Crippen molar-refractivity contribution in [2.24, 2.45) is 11.8 Å². The molecule has 1 aliphatic heterocycles. The second-order valence-corrected chi connectivity index (χ2v) is 8.01. The largest absolute Gasteiger partial charge is 0.469 e. The molecule has 2 rings (SSSR count). The van der Waals surface area contributed by atoms with Gasteiger partial charge in [-0.2, -0.15) is 17.0 Å². The minimum atomic E-state index is -3.47. The van der Waals surface area contributed by atoms with E-state index >= 15 is 0 Å². The van der Waals surface area contributed by atoms with Gasteiger partial charge in [-0.25, -0.2) is 0 Å². The highest BCUT2D eigenvalue weighted by atomic mass is 32.2. The third kappa shape index (κ3) is 3.74.